The number of piperidine rings is 4. The van der Waals surface area contributed by atoms with E-state index in [-0.39, 0.29) is 0 Å². The minimum absolute atomic E-state index is 0.800. The van der Waals surface area contributed by atoms with Crippen LogP contribution in [0, 0.1) is 0 Å². The molecule has 0 aromatic carbocycles. The maximum atomic E-state index is 5.48. The van der Waals surface area contributed by atoms with E-state index in [1.165, 1.54) is 25.7 Å². The van der Waals surface area contributed by atoms with E-state index in [2.05, 4.69) is 16.3 Å². The van der Waals surface area contributed by atoms with E-state index in [9.17, 15) is 0 Å². The molecule has 16 heavy (non-hydrogen) atoms. The number of nitrogens with one attached hydrogen (secondary N) is 1. The summed E-state index contributed by atoms with van der Waals surface area (Å²) < 4.78 is 5.48. The SMILES string of the molecule is c1coc(CN2C3CC4CC2CC(C3)N4)c1. The van der Waals surface area contributed by atoms with Gasteiger partial charge in [0.25, 0.3) is 0 Å². The van der Waals surface area contributed by atoms with Gasteiger partial charge in [0.05, 0.1) is 12.8 Å². The summed E-state index contributed by atoms with van der Waals surface area (Å²) in [5, 5.41) is 3.74. The van der Waals surface area contributed by atoms with E-state index >= 15 is 0 Å². The van der Waals surface area contributed by atoms with E-state index in [1.807, 2.05) is 6.07 Å². The Balaban J connectivity index is 1.56. The van der Waals surface area contributed by atoms with Crippen molar-refractivity contribution in [2.45, 2.75) is 56.4 Å². The molecule has 0 radical (unpaired) electrons. The third-order valence-corrected chi connectivity index (χ3v) is 4.55. The maximum absolute atomic E-state index is 5.48. The molecule has 0 spiro atoms. The van der Waals surface area contributed by atoms with Crippen molar-refractivity contribution in [2.24, 2.45) is 0 Å². The summed E-state index contributed by atoms with van der Waals surface area (Å²) in [6, 6.07) is 7.30. The van der Waals surface area contributed by atoms with Gasteiger partial charge in [-0.25, -0.2) is 0 Å². The Kier molecular flexibility index (Phi) is 1.93. The quantitative estimate of drug-likeness (QED) is 0.819. The number of rotatable bonds is 2. The third kappa shape index (κ3) is 1.35. The lowest BCUT2D eigenvalue weighted by atomic mass is 9.74. The van der Waals surface area contributed by atoms with Crippen LogP contribution in [-0.4, -0.2) is 29.1 Å². The average molecular weight is 218 g/mol. The van der Waals surface area contributed by atoms with Gasteiger partial charge in [-0.15, -0.1) is 0 Å². The van der Waals surface area contributed by atoms with Gasteiger partial charge >= 0.3 is 0 Å². The van der Waals surface area contributed by atoms with Gasteiger partial charge < -0.3 is 9.73 Å². The van der Waals surface area contributed by atoms with Gasteiger partial charge in [0, 0.05) is 24.2 Å². The summed E-state index contributed by atoms with van der Waals surface area (Å²) in [5.74, 6) is 1.13. The summed E-state index contributed by atoms with van der Waals surface area (Å²) >= 11 is 0. The summed E-state index contributed by atoms with van der Waals surface area (Å²) in [7, 11) is 0. The molecule has 1 aromatic heterocycles. The van der Waals surface area contributed by atoms with Gasteiger partial charge in [-0.1, -0.05) is 0 Å². The van der Waals surface area contributed by atoms with Crippen molar-refractivity contribution < 1.29 is 4.42 Å². The van der Waals surface area contributed by atoms with Crippen LogP contribution in [0.3, 0.4) is 0 Å². The van der Waals surface area contributed by atoms with Gasteiger partial charge in [0.1, 0.15) is 5.76 Å². The van der Waals surface area contributed by atoms with E-state index in [1.54, 1.807) is 6.26 Å². The first-order chi connectivity index (χ1) is 7.88. The number of furan rings is 1. The molecule has 0 amide bonds. The number of hydrogen-bond acceptors (Lipinski definition) is 3. The molecule has 3 nitrogen and oxygen atoms in total. The Labute approximate surface area is 95.8 Å². The van der Waals surface area contributed by atoms with Gasteiger partial charge in [-0.3, -0.25) is 4.90 Å². The van der Waals surface area contributed by atoms with Crippen LogP contribution in [0.25, 0.3) is 0 Å². The highest BCUT2D eigenvalue weighted by molar-refractivity contribution is 5.07. The molecule has 86 valence electrons. The van der Waals surface area contributed by atoms with Crippen molar-refractivity contribution in [3.05, 3.63) is 24.2 Å². The second-order valence-electron chi connectivity index (χ2n) is 5.56. The Morgan fingerprint density at radius 3 is 2.44 bits per heavy atom. The first-order valence-electron chi connectivity index (χ1n) is 6.42. The molecule has 0 aliphatic carbocycles. The molecule has 0 unspecified atom stereocenters. The zero-order valence-corrected chi connectivity index (χ0v) is 9.43. The summed E-state index contributed by atoms with van der Waals surface area (Å²) in [6.45, 7) is 1.02. The van der Waals surface area contributed by atoms with Crippen LogP contribution in [0.4, 0.5) is 0 Å². The molecule has 0 atom stereocenters. The van der Waals surface area contributed by atoms with Crippen molar-refractivity contribution in [1.29, 1.82) is 0 Å². The second kappa shape index (κ2) is 3.34. The molecular formula is C13H18N2O. The highest BCUT2D eigenvalue weighted by Gasteiger charge is 2.46. The normalized spacial score (nSPS) is 41.8. The Morgan fingerprint density at radius 2 is 1.88 bits per heavy atom. The fourth-order valence-electron chi connectivity index (χ4n) is 3.98. The van der Waals surface area contributed by atoms with E-state index in [4.69, 9.17) is 4.42 Å². The van der Waals surface area contributed by atoms with E-state index < -0.39 is 0 Å². The molecule has 4 aliphatic heterocycles. The fourth-order valence-corrected chi connectivity index (χ4v) is 3.98. The highest BCUT2D eigenvalue weighted by atomic mass is 16.3. The topological polar surface area (TPSA) is 28.4 Å². The molecular weight excluding hydrogens is 200 g/mol. The largest absolute Gasteiger partial charge is 0.468 e. The van der Waals surface area contributed by atoms with Gasteiger partial charge in [0.2, 0.25) is 0 Å². The fraction of sp³-hybridized carbons (Fsp3) is 0.692. The zero-order chi connectivity index (χ0) is 10.5. The monoisotopic (exact) mass is 218 g/mol. The first-order valence-corrected chi connectivity index (χ1v) is 6.42. The number of hydrogen-bond donors (Lipinski definition) is 1. The molecule has 3 heteroatoms. The van der Waals surface area contributed by atoms with E-state index in [0.29, 0.717) is 0 Å². The predicted molar refractivity (Wildman–Crippen MR) is 61.0 cm³/mol. The molecule has 5 rings (SSSR count). The highest BCUT2D eigenvalue weighted by Crippen LogP contribution is 2.39. The Hall–Kier alpha value is -0.800. The zero-order valence-electron chi connectivity index (χ0n) is 9.43. The molecule has 4 saturated heterocycles. The Morgan fingerprint density at radius 1 is 1.19 bits per heavy atom. The lowest BCUT2D eigenvalue weighted by Gasteiger charge is -2.56. The molecule has 4 fully saturated rings. The van der Waals surface area contributed by atoms with Crippen LogP contribution in [0.15, 0.2) is 22.8 Å². The molecule has 4 aliphatic rings. The predicted octanol–water partition coefficient (Wildman–Crippen LogP) is 1.75. The van der Waals surface area contributed by atoms with Crippen molar-refractivity contribution in [1.82, 2.24) is 10.2 Å². The van der Waals surface area contributed by atoms with Crippen LogP contribution in [0.5, 0.6) is 0 Å². The Bertz CT molecular complexity index is 345. The van der Waals surface area contributed by atoms with Crippen LogP contribution < -0.4 is 5.32 Å². The van der Waals surface area contributed by atoms with Crippen LogP contribution in [-0.2, 0) is 6.54 Å². The lowest BCUT2D eigenvalue weighted by Crippen LogP contribution is -2.67. The summed E-state index contributed by atoms with van der Waals surface area (Å²) in [6.07, 6.45) is 7.15. The standard InChI is InChI=1S/C13H18N2O/c1-2-13(16-3-1)8-15-11-4-9-5-12(15)7-10(6-11)14-9/h1-3,9-12,14H,4-8H2. The minimum Gasteiger partial charge on any atom is -0.468 e. The van der Waals surface area contributed by atoms with Crippen molar-refractivity contribution >= 4 is 0 Å². The summed E-state index contributed by atoms with van der Waals surface area (Å²) in [5.41, 5.74) is 0. The van der Waals surface area contributed by atoms with E-state index in [0.717, 1.165) is 36.5 Å². The van der Waals surface area contributed by atoms with Gasteiger partial charge in [0.15, 0.2) is 0 Å². The van der Waals surface area contributed by atoms with Gasteiger partial charge in [-0.05, 0) is 37.8 Å². The van der Waals surface area contributed by atoms with Crippen molar-refractivity contribution in [3.8, 4) is 0 Å². The molecule has 4 bridgehead atoms. The number of nitrogens with zero attached hydrogens (tertiary/aromatic N) is 1. The maximum Gasteiger partial charge on any atom is 0.117 e. The lowest BCUT2D eigenvalue weighted by molar-refractivity contribution is -0.0392. The molecule has 1 N–H and O–H groups in total. The second-order valence-corrected chi connectivity index (χ2v) is 5.56. The van der Waals surface area contributed by atoms with Crippen LogP contribution in [0.2, 0.25) is 0 Å². The third-order valence-electron chi connectivity index (χ3n) is 4.55. The molecule has 1 aromatic rings. The van der Waals surface area contributed by atoms with Gasteiger partial charge in [-0.2, -0.15) is 0 Å². The minimum atomic E-state index is 0.800. The summed E-state index contributed by atoms with van der Waals surface area (Å²) in [4.78, 5) is 2.69. The molecule has 0 saturated carbocycles. The average Bonchev–Trinajstić information content (AvgIpc) is 2.75. The van der Waals surface area contributed by atoms with Crippen molar-refractivity contribution in [3.63, 3.8) is 0 Å². The van der Waals surface area contributed by atoms with Crippen molar-refractivity contribution in [2.75, 3.05) is 0 Å². The molecule has 5 heterocycles. The van der Waals surface area contributed by atoms with Crippen LogP contribution in [0.1, 0.15) is 31.4 Å². The first kappa shape index (κ1) is 9.25. The smallest absolute Gasteiger partial charge is 0.117 e. The van der Waals surface area contributed by atoms with Crippen LogP contribution >= 0.6 is 0 Å².